The number of carbonyl (C=O) groups excluding carboxylic acids is 6. The van der Waals surface area contributed by atoms with Crippen molar-refractivity contribution >= 4 is 47.3 Å². The van der Waals surface area contributed by atoms with Gasteiger partial charge in [0.25, 0.3) is 0 Å². The molecule has 0 saturated carbocycles. The first-order valence-electron chi connectivity index (χ1n) is 19.3. The predicted octanol–water partition coefficient (Wildman–Crippen LogP) is 7.25. The van der Waals surface area contributed by atoms with Crippen molar-refractivity contribution in [2.45, 2.75) is 151 Å². The normalized spacial score (nSPS) is 12.6. The number of ether oxygens (including phenoxy) is 3. The first-order valence-corrected chi connectivity index (χ1v) is 20.5. The van der Waals surface area contributed by atoms with Crippen LogP contribution in [0, 0.1) is 23.2 Å². The van der Waals surface area contributed by atoms with Gasteiger partial charge >= 0.3 is 18.1 Å². The van der Waals surface area contributed by atoms with Gasteiger partial charge in [-0.25, -0.2) is 4.79 Å². The van der Waals surface area contributed by atoms with Crippen molar-refractivity contribution < 1.29 is 52.9 Å². The van der Waals surface area contributed by atoms with Gasteiger partial charge in [0.1, 0.15) is 23.8 Å². The van der Waals surface area contributed by atoms with Crippen molar-refractivity contribution in [1.29, 1.82) is 0 Å². The Hall–Kier alpha value is -2.60. The number of ketones is 2. The highest BCUT2D eigenvalue weighted by molar-refractivity contribution is 7.99. The van der Waals surface area contributed by atoms with Crippen LogP contribution in [0.2, 0.25) is 0 Å². The van der Waals surface area contributed by atoms with E-state index in [1.54, 1.807) is 20.8 Å². The van der Waals surface area contributed by atoms with Gasteiger partial charge < -0.3 is 24.6 Å². The molecule has 1 amide bonds. The Morgan fingerprint density at radius 1 is 0.717 bits per heavy atom. The van der Waals surface area contributed by atoms with Gasteiger partial charge in [0.2, 0.25) is 5.91 Å². The molecule has 53 heavy (non-hydrogen) atoms. The molecular formula is C40H71NO11S. The molecule has 0 heterocycles. The average Bonchev–Trinajstić information content (AvgIpc) is 3.03. The largest absolute Gasteiger partial charge is 0.480 e. The van der Waals surface area contributed by atoms with E-state index in [1.807, 2.05) is 11.8 Å². The Morgan fingerprint density at radius 3 is 1.75 bits per heavy atom. The molecule has 0 spiro atoms. The zero-order valence-electron chi connectivity index (χ0n) is 34.0. The Balaban J connectivity index is 0. The van der Waals surface area contributed by atoms with Crippen LogP contribution < -0.4 is 5.32 Å². The van der Waals surface area contributed by atoms with E-state index in [4.69, 9.17) is 28.9 Å². The zero-order chi connectivity index (χ0) is 40.7. The third-order valence-corrected chi connectivity index (χ3v) is 9.61. The van der Waals surface area contributed by atoms with E-state index in [1.165, 1.54) is 19.3 Å². The van der Waals surface area contributed by atoms with E-state index in [9.17, 15) is 24.0 Å². The molecule has 0 bridgehead atoms. The number of unbranched alkanes of at least 4 members (excludes halogenated alkanes) is 6. The summed E-state index contributed by atoms with van der Waals surface area (Å²) in [7, 11) is 0. The number of carbonyl (C=O) groups is 5. The smallest absolute Gasteiger partial charge is 0.373 e. The number of aliphatic carboxylic acids is 1. The molecule has 2 atom stereocenters. The highest BCUT2D eigenvalue weighted by Crippen LogP contribution is 2.35. The monoisotopic (exact) mass is 773 g/mol. The lowest BCUT2D eigenvalue weighted by Crippen LogP contribution is -2.32. The van der Waals surface area contributed by atoms with Crippen LogP contribution in [0.1, 0.15) is 145 Å². The topological polar surface area (TPSA) is 179 Å². The molecule has 0 fully saturated rings. The lowest BCUT2D eigenvalue weighted by atomic mass is 9.71. The van der Waals surface area contributed by atoms with Crippen molar-refractivity contribution in [3.8, 4) is 0 Å². The minimum atomic E-state index is -1.05. The summed E-state index contributed by atoms with van der Waals surface area (Å²) in [5, 5.41) is 11.3. The Morgan fingerprint density at radius 2 is 1.23 bits per heavy atom. The number of carboxylic acid groups (broad SMARTS) is 1. The van der Waals surface area contributed by atoms with Crippen LogP contribution in [0.3, 0.4) is 0 Å². The molecule has 0 aromatic heterocycles. The van der Waals surface area contributed by atoms with Gasteiger partial charge in [0, 0.05) is 38.6 Å². The Labute approximate surface area is 323 Å². The minimum absolute atomic E-state index is 0.0167. The third-order valence-electron chi connectivity index (χ3n) is 8.45. The molecule has 0 aliphatic heterocycles. The second kappa shape index (κ2) is 31.7. The maximum Gasteiger partial charge on any atom is 0.373 e. The highest BCUT2D eigenvalue weighted by Gasteiger charge is 2.29. The lowest BCUT2D eigenvalue weighted by molar-refractivity contribution is -0.191. The number of amides is 1. The fourth-order valence-corrected chi connectivity index (χ4v) is 6.87. The first-order chi connectivity index (χ1) is 24.8. The molecule has 0 aliphatic carbocycles. The van der Waals surface area contributed by atoms with Crippen molar-refractivity contribution in [2.75, 3.05) is 44.5 Å². The fourth-order valence-electron chi connectivity index (χ4n) is 5.85. The summed E-state index contributed by atoms with van der Waals surface area (Å²) in [4.78, 5) is 77.1. The summed E-state index contributed by atoms with van der Waals surface area (Å²) in [6.07, 6.45) is 11.0. The molecule has 0 aromatic carbocycles. The molecule has 308 valence electrons. The Kier molecular flexibility index (Phi) is 31.4. The van der Waals surface area contributed by atoms with Gasteiger partial charge in [-0.1, -0.05) is 60.3 Å². The van der Waals surface area contributed by atoms with Gasteiger partial charge in [0.15, 0.2) is 0 Å². The summed E-state index contributed by atoms with van der Waals surface area (Å²) in [6.45, 7) is 17.0. The van der Waals surface area contributed by atoms with Crippen molar-refractivity contribution in [2.24, 2.45) is 23.2 Å². The first kappa shape index (κ1) is 52.5. The fraction of sp³-hybridized carbons (Fsp3) is 0.850. The quantitative estimate of drug-likeness (QED) is 0.0533. The number of Topliss-reactive ketones (excluding diaryl/α,β-unsaturated/α-hetero) is 2. The summed E-state index contributed by atoms with van der Waals surface area (Å²) in [5.41, 5.74) is -0.521. The maximum atomic E-state index is 12.8. The second-order valence-electron chi connectivity index (χ2n) is 15.9. The van der Waals surface area contributed by atoms with Gasteiger partial charge in [-0.2, -0.15) is 21.4 Å². The lowest BCUT2D eigenvalue weighted by Gasteiger charge is -2.33. The summed E-state index contributed by atoms with van der Waals surface area (Å²) < 4.78 is 15.7. The minimum Gasteiger partial charge on any atom is -0.480 e. The number of hydrogen-bond donors (Lipinski definition) is 2. The molecule has 0 aliphatic rings. The van der Waals surface area contributed by atoms with Crippen molar-refractivity contribution in [3.05, 3.63) is 0 Å². The number of carboxylic acids is 1. The molecule has 0 aromatic rings. The SMILES string of the molecule is CC(C)C(CC(=O)CCCCCCCSCCCCCC(=O)CC(CCC(=O)NCCOCCOCC(=O)O)C(=O)OC(C)(C)C)C(C)(C)C.O=C=O. The predicted molar refractivity (Wildman–Crippen MR) is 206 cm³/mol. The summed E-state index contributed by atoms with van der Waals surface area (Å²) >= 11 is 1.96. The molecule has 13 heteroatoms. The molecular weight excluding hydrogens is 703 g/mol. The number of rotatable bonds is 31. The summed E-state index contributed by atoms with van der Waals surface area (Å²) in [6, 6.07) is 0. The van der Waals surface area contributed by atoms with Crippen molar-refractivity contribution in [3.63, 3.8) is 0 Å². The van der Waals surface area contributed by atoms with Crippen LogP contribution in [-0.4, -0.2) is 90.7 Å². The van der Waals surface area contributed by atoms with Crippen LogP contribution in [0.25, 0.3) is 0 Å². The van der Waals surface area contributed by atoms with Gasteiger partial charge in [-0.05, 0) is 81.6 Å². The number of esters is 1. The third kappa shape index (κ3) is 34.9. The van der Waals surface area contributed by atoms with Gasteiger partial charge in [-0.15, -0.1) is 0 Å². The van der Waals surface area contributed by atoms with Crippen LogP contribution in [0.5, 0.6) is 0 Å². The van der Waals surface area contributed by atoms with Crippen LogP contribution in [0.4, 0.5) is 0 Å². The maximum absolute atomic E-state index is 12.8. The standard InChI is InChI=1S/C39H71NO9S.CO2/c1-30(2)34(38(3,4)5)28-33(42)18-13-10-9-11-15-25-50-26-16-12-14-17-32(41)27-31(37(46)49-39(6,7)8)19-20-35(43)40-21-22-47-23-24-48-29-36(44)45;2-1-3/h30-31,34H,9-29H2,1-8H3,(H,40,43)(H,44,45);. The highest BCUT2D eigenvalue weighted by atomic mass is 32.2. The number of hydrogen-bond acceptors (Lipinski definition) is 11. The number of thioether (sulfide) groups is 1. The van der Waals surface area contributed by atoms with E-state index in [0.717, 1.165) is 43.6 Å². The molecule has 12 nitrogen and oxygen atoms in total. The van der Waals surface area contributed by atoms with Crippen LogP contribution in [-0.2, 0) is 47.8 Å². The molecule has 2 unspecified atom stereocenters. The molecule has 0 saturated heterocycles. The van der Waals surface area contributed by atoms with E-state index >= 15 is 0 Å². The van der Waals surface area contributed by atoms with E-state index in [2.05, 4.69) is 39.9 Å². The van der Waals surface area contributed by atoms with Gasteiger partial charge in [-0.3, -0.25) is 19.2 Å². The average molecular weight is 774 g/mol. The molecule has 2 N–H and O–H groups in total. The van der Waals surface area contributed by atoms with Crippen LogP contribution >= 0.6 is 11.8 Å². The zero-order valence-corrected chi connectivity index (χ0v) is 34.8. The summed E-state index contributed by atoms with van der Waals surface area (Å²) in [5.74, 6) is 1.20. The second-order valence-corrected chi connectivity index (χ2v) is 17.1. The number of nitrogens with one attached hydrogen (secondary N) is 1. The van der Waals surface area contributed by atoms with Gasteiger partial charge in [0.05, 0.1) is 25.7 Å². The van der Waals surface area contributed by atoms with E-state index in [-0.39, 0.29) is 75.5 Å². The Bertz CT molecular complexity index is 1060. The van der Waals surface area contributed by atoms with E-state index in [0.29, 0.717) is 36.9 Å². The molecule has 0 rings (SSSR count). The van der Waals surface area contributed by atoms with Crippen LogP contribution in [0.15, 0.2) is 0 Å². The van der Waals surface area contributed by atoms with E-state index < -0.39 is 23.5 Å². The van der Waals surface area contributed by atoms with Crippen molar-refractivity contribution in [1.82, 2.24) is 5.32 Å². The molecule has 0 radical (unpaired) electrons.